The molecule has 6 heteroatoms. The largest absolute Gasteiger partial charge is 0.373 e. The molecule has 0 radical (unpaired) electrons. The summed E-state index contributed by atoms with van der Waals surface area (Å²) in [5.74, 6) is 0.0224. The van der Waals surface area contributed by atoms with Crippen molar-refractivity contribution in [3.8, 4) is 0 Å². The van der Waals surface area contributed by atoms with Crippen molar-refractivity contribution in [3.05, 3.63) is 40.9 Å². The van der Waals surface area contributed by atoms with Crippen LogP contribution in [0.2, 0.25) is 0 Å². The molecule has 0 spiro atoms. The van der Waals surface area contributed by atoms with E-state index in [9.17, 15) is 5.11 Å². The zero-order chi connectivity index (χ0) is 12.7. The van der Waals surface area contributed by atoms with Crippen LogP contribution in [0.25, 0.3) is 4.91 Å². The molecular weight excluding hydrogens is 270 g/mol. The number of aliphatic hydroxyl groups excluding tert-OH is 1. The number of guanidine groups is 1. The molecule has 0 saturated heterocycles. The van der Waals surface area contributed by atoms with Gasteiger partial charge in [-0.15, -0.1) is 0 Å². The maximum Gasteiger partial charge on any atom is 0.191 e. The second-order valence-electron chi connectivity index (χ2n) is 4.18. The Hall–Kier alpha value is -1.17. The third-order valence-electron chi connectivity index (χ3n) is 2.99. The van der Waals surface area contributed by atoms with Gasteiger partial charge in [-0.1, -0.05) is 53.7 Å². The smallest absolute Gasteiger partial charge is 0.191 e. The molecule has 0 aliphatic carbocycles. The van der Waals surface area contributed by atoms with E-state index in [2.05, 4.69) is 10.3 Å². The minimum absolute atomic E-state index is 0.149. The van der Waals surface area contributed by atoms with Crippen LogP contribution in [-0.4, -0.2) is 22.7 Å². The average Bonchev–Trinajstić information content (AvgIpc) is 2.67. The van der Waals surface area contributed by atoms with E-state index < -0.39 is 6.23 Å². The third kappa shape index (κ3) is 1.88. The second-order valence-corrected chi connectivity index (χ2v) is 5.71. The fraction of sp³-hybridized carbons (Fsp3) is 0.250. The minimum atomic E-state index is -0.784. The first kappa shape index (κ1) is 11.9. The van der Waals surface area contributed by atoms with Gasteiger partial charge in [-0.3, -0.25) is 0 Å². The van der Waals surface area contributed by atoms with Gasteiger partial charge in [-0.25, -0.2) is 4.99 Å². The van der Waals surface area contributed by atoms with Crippen molar-refractivity contribution in [1.82, 2.24) is 5.32 Å². The lowest BCUT2D eigenvalue weighted by Crippen LogP contribution is -2.50. The summed E-state index contributed by atoms with van der Waals surface area (Å²) in [6, 6.07) is 9.86. The summed E-state index contributed by atoms with van der Waals surface area (Å²) >= 11 is 7.92. The molecule has 18 heavy (non-hydrogen) atoms. The van der Waals surface area contributed by atoms with Crippen molar-refractivity contribution in [2.24, 2.45) is 16.6 Å². The Bertz CT molecular complexity index is 531. The standard InChI is InChI=1S/C12H12ClN3OS/c13-8-7-10(17)15-12(14)16-11(7)18-9(8)6-4-2-1-3-5-6/h1-5,7,10-11,17H,(H3,14,15,16). The van der Waals surface area contributed by atoms with E-state index in [0.29, 0.717) is 5.03 Å². The molecule has 4 nitrogen and oxygen atoms in total. The number of nitrogens with two attached hydrogens (primary N) is 1. The van der Waals surface area contributed by atoms with Gasteiger partial charge in [0.15, 0.2) is 5.96 Å². The molecule has 1 aromatic rings. The number of benzene rings is 1. The molecule has 0 fully saturated rings. The van der Waals surface area contributed by atoms with Crippen molar-refractivity contribution < 1.29 is 5.11 Å². The highest BCUT2D eigenvalue weighted by atomic mass is 35.5. The summed E-state index contributed by atoms with van der Waals surface area (Å²) < 4.78 is 0. The number of fused-ring (bicyclic) bond motifs is 1. The maximum atomic E-state index is 9.98. The molecule has 94 valence electrons. The van der Waals surface area contributed by atoms with E-state index in [1.54, 1.807) is 11.8 Å². The first-order valence-corrected chi connectivity index (χ1v) is 6.82. The minimum Gasteiger partial charge on any atom is -0.373 e. The van der Waals surface area contributed by atoms with Crippen molar-refractivity contribution in [3.63, 3.8) is 0 Å². The number of aliphatic hydroxyl groups is 1. The van der Waals surface area contributed by atoms with Crippen molar-refractivity contribution in [1.29, 1.82) is 0 Å². The van der Waals surface area contributed by atoms with Gasteiger partial charge < -0.3 is 16.2 Å². The van der Waals surface area contributed by atoms with E-state index in [1.165, 1.54) is 0 Å². The molecule has 0 saturated carbocycles. The molecule has 2 heterocycles. The number of hydrogen-bond acceptors (Lipinski definition) is 5. The lowest BCUT2D eigenvalue weighted by molar-refractivity contribution is 0.107. The van der Waals surface area contributed by atoms with Gasteiger partial charge in [0.1, 0.15) is 11.6 Å². The summed E-state index contributed by atoms with van der Waals surface area (Å²) in [6.45, 7) is 0. The van der Waals surface area contributed by atoms with Gasteiger partial charge in [0.2, 0.25) is 0 Å². The highest BCUT2D eigenvalue weighted by Crippen LogP contribution is 2.51. The van der Waals surface area contributed by atoms with Crippen LogP contribution in [-0.2, 0) is 0 Å². The predicted octanol–water partition coefficient (Wildman–Crippen LogP) is 1.52. The maximum absolute atomic E-state index is 9.98. The first-order chi connectivity index (χ1) is 8.66. The Labute approximate surface area is 114 Å². The molecule has 3 unspecified atom stereocenters. The van der Waals surface area contributed by atoms with Crippen LogP contribution in [0.15, 0.2) is 40.4 Å². The van der Waals surface area contributed by atoms with E-state index in [-0.39, 0.29) is 17.3 Å². The fourth-order valence-electron chi connectivity index (χ4n) is 2.14. The van der Waals surface area contributed by atoms with Crippen LogP contribution >= 0.6 is 23.4 Å². The SMILES string of the molecule is NC1=NC2SC(c3ccccc3)=C(Cl)C2C(O)N1. The van der Waals surface area contributed by atoms with E-state index in [1.807, 2.05) is 30.3 Å². The number of aliphatic imine (C=N–C) groups is 1. The average molecular weight is 282 g/mol. The van der Waals surface area contributed by atoms with E-state index in [0.717, 1.165) is 10.5 Å². The van der Waals surface area contributed by atoms with Gasteiger partial charge in [0.25, 0.3) is 0 Å². The van der Waals surface area contributed by atoms with E-state index in [4.69, 9.17) is 17.3 Å². The number of rotatable bonds is 1. The highest BCUT2D eigenvalue weighted by molar-refractivity contribution is 8.09. The third-order valence-corrected chi connectivity index (χ3v) is 4.88. The molecular formula is C12H12ClN3OS. The summed E-state index contributed by atoms with van der Waals surface area (Å²) in [6.07, 6.45) is -0.784. The quantitative estimate of drug-likeness (QED) is 0.730. The molecule has 2 aliphatic heterocycles. The van der Waals surface area contributed by atoms with E-state index >= 15 is 0 Å². The summed E-state index contributed by atoms with van der Waals surface area (Å²) in [5.41, 5.74) is 6.66. The van der Waals surface area contributed by atoms with Crippen LogP contribution in [0.3, 0.4) is 0 Å². The number of nitrogens with one attached hydrogen (secondary N) is 1. The molecule has 3 rings (SSSR count). The number of thioether (sulfide) groups is 1. The first-order valence-electron chi connectivity index (χ1n) is 5.56. The van der Waals surface area contributed by atoms with Gasteiger partial charge in [0, 0.05) is 9.94 Å². The summed E-state index contributed by atoms with van der Waals surface area (Å²) in [4.78, 5) is 5.25. The van der Waals surface area contributed by atoms with Gasteiger partial charge in [-0.05, 0) is 5.56 Å². The zero-order valence-electron chi connectivity index (χ0n) is 9.38. The Kier molecular flexibility index (Phi) is 2.97. The Balaban J connectivity index is 1.99. The molecule has 0 bridgehead atoms. The summed E-state index contributed by atoms with van der Waals surface area (Å²) in [5, 5.41) is 13.2. The Morgan fingerprint density at radius 1 is 1.33 bits per heavy atom. The van der Waals surface area contributed by atoms with Gasteiger partial charge in [0.05, 0.1) is 5.92 Å². The monoisotopic (exact) mass is 281 g/mol. The van der Waals surface area contributed by atoms with Gasteiger partial charge in [-0.2, -0.15) is 0 Å². The number of halogens is 1. The van der Waals surface area contributed by atoms with Crippen LogP contribution < -0.4 is 11.1 Å². The van der Waals surface area contributed by atoms with Crippen molar-refractivity contribution in [2.75, 3.05) is 0 Å². The van der Waals surface area contributed by atoms with Crippen molar-refractivity contribution >= 4 is 34.2 Å². The lowest BCUT2D eigenvalue weighted by Gasteiger charge is -2.28. The topological polar surface area (TPSA) is 70.6 Å². The lowest BCUT2D eigenvalue weighted by atomic mass is 10.0. The van der Waals surface area contributed by atoms with Crippen LogP contribution in [0.1, 0.15) is 5.56 Å². The molecule has 3 atom stereocenters. The van der Waals surface area contributed by atoms with Crippen molar-refractivity contribution in [2.45, 2.75) is 11.6 Å². The zero-order valence-corrected chi connectivity index (χ0v) is 10.9. The molecule has 2 aliphatic rings. The summed E-state index contributed by atoms with van der Waals surface area (Å²) in [7, 11) is 0. The number of nitrogens with zero attached hydrogens (tertiary/aromatic N) is 1. The fourth-order valence-corrected chi connectivity index (χ4v) is 4.06. The Morgan fingerprint density at radius 2 is 2.06 bits per heavy atom. The van der Waals surface area contributed by atoms with Gasteiger partial charge >= 0.3 is 0 Å². The molecule has 0 aromatic heterocycles. The Morgan fingerprint density at radius 3 is 2.78 bits per heavy atom. The molecule has 1 aromatic carbocycles. The highest BCUT2D eigenvalue weighted by Gasteiger charge is 2.42. The molecule has 4 N–H and O–H groups in total. The predicted molar refractivity (Wildman–Crippen MR) is 74.8 cm³/mol. The van der Waals surface area contributed by atoms with Crippen LogP contribution in [0, 0.1) is 5.92 Å². The normalized spacial score (nSPS) is 30.8. The number of hydrogen-bond donors (Lipinski definition) is 3. The van der Waals surface area contributed by atoms with Crippen LogP contribution in [0.4, 0.5) is 0 Å². The second kappa shape index (κ2) is 4.50. The van der Waals surface area contributed by atoms with Crippen LogP contribution in [0.5, 0.6) is 0 Å². The molecule has 0 amide bonds.